The fourth-order valence-corrected chi connectivity index (χ4v) is 5.38. The Balaban J connectivity index is 1.46. The van der Waals surface area contributed by atoms with Crippen molar-refractivity contribution in [1.82, 2.24) is 5.32 Å². The van der Waals surface area contributed by atoms with Gasteiger partial charge in [0.1, 0.15) is 12.2 Å². The third-order valence-corrected chi connectivity index (χ3v) is 7.33. The number of hydrogen-bond acceptors (Lipinski definition) is 5. The summed E-state index contributed by atoms with van der Waals surface area (Å²) < 4.78 is 12.6. The number of barbiturate groups is 1. The number of nitrogens with one attached hydrogen (secondary N) is 1. The summed E-state index contributed by atoms with van der Waals surface area (Å²) in [7, 11) is 1.54. The van der Waals surface area contributed by atoms with E-state index in [0.29, 0.717) is 35.8 Å². The van der Waals surface area contributed by atoms with Gasteiger partial charge in [-0.3, -0.25) is 14.9 Å². The first kappa shape index (κ1) is 26.4. The molecule has 0 spiro atoms. The summed E-state index contributed by atoms with van der Waals surface area (Å²) in [6.07, 6.45) is 2.08. The summed E-state index contributed by atoms with van der Waals surface area (Å²) in [6, 6.07) is 24.1. The molecule has 1 aliphatic rings. The Morgan fingerprint density at radius 1 is 0.923 bits per heavy atom. The van der Waals surface area contributed by atoms with Crippen molar-refractivity contribution in [2.24, 2.45) is 0 Å². The lowest BCUT2D eigenvalue weighted by atomic mass is 10.0. The van der Waals surface area contributed by atoms with Gasteiger partial charge in [0.25, 0.3) is 11.8 Å². The van der Waals surface area contributed by atoms with Gasteiger partial charge in [-0.2, -0.15) is 0 Å². The van der Waals surface area contributed by atoms with Gasteiger partial charge >= 0.3 is 6.03 Å². The average Bonchev–Trinajstić information content (AvgIpc) is 2.94. The van der Waals surface area contributed by atoms with Crippen LogP contribution in [0.25, 0.3) is 16.8 Å². The van der Waals surface area contributed by atoms with Crippen molar-refractivity contribution in [3.63, 3.8) is 0 Å². The number of carbonyl (C=O) groups is 3. The zero-order valence-electron chi connectivity index (χ0n) is 21.4. The van der Waals surface area contributed by atoms with E-state index in [-0.39, 0.29) is 5.57 Å². The quantitative estimate of drug-likeness (QED) is 0.148. The maximum atomic E-state index is 13.4. The molecule has 4 aromatic carbocycles. The molecule has 4 aromatic rings. The second-order valence-corrected chi connectivity index (χ2v) is 10.1. The second-order valence-electron chi connectivity index (χ2n) is 8.90. The molecule has 0 aliphatic carbocycles. The first-order valence-electron chi connectivity index (χ1n) is 12.4. The summed E-state index contributed by atoms with van der Waals surface area (Å²) in [5.74, 6) is -0.418. The number of imide groups is 2. The number of amides is 4. The van der Waals surface area contributed by atoms with E-state index in [4.69, 9.17) is 9.47 Å². The third-order valence-electron chi connectivity index (χ3n) is 6.53. The van der Waals surface area contributed by atoms with Crippen molar-refractivity contribution in [2.75, 3.05) is 12.0 Å². The number of nitrogens with zero attached hydrogens (tertiary/aromatic N) is 1. The Morgan fingerprint density at radius 3 is 2.44 bits per heavy atom. The zero-order chi connectivity index (χ0) is 27.5. The summed E-state index contributed by atoms with van der Waals surface area (Å²) in [5.41, 5.74) is 2.72. The fraction of sp³-hybridized carbons (Fsp3) is 0.129. The molecule has 0 bridgehead atoms. The predicted octanol–water partition coefficient (Wildman–Crippen LogP) is 6.26. The average molecular weight is 632 g/mol. The van der Waals surface area contributed by atoms with Crippen molar-refractivity contribution >= 4 is 63.0 Å². The highest BCUT2D eigenvalue weighted by molar-refractivity contribution is 14.1. The Labute approximate surface area is 239 Å². The lowest BCUT2D eigenvalue weighted by molar-refractivity contribution is -0.122. The highest BCUT2D eigenvalue weighted by Crippen LogP contribution is 2.36. The SMILES string of the molecule is CCc1ccccc1N1C(=O)NC(=O)/C(=C/c2cc(I)c(OCc3cccc4ccccc34)c(OC)c2)C1=O. The number of anilines is 1. The van der Waals surface area contributed by atoms with Crippen LogP contribution < -0.4 is 19.7 Å². The van der Waals surface area contributed by atoms with Crippen molar-refractivity contribution < 1.29 is 23.9 Å². The molecule has 1 N–H and O–H groups in total. The number of methoxy groups -OCH3 is 1. The Morgan fingerprint density at radius 2 is 1.64 bits per heavy atom. The maximum Gasteiger partial charge on any atom is 0.335 e. The first-order chi connectivity index (χ1) is 18.9. The molecule has 0 radical (unpaired) electrons. The van der Waals surface area contributed by atoms with E-state index in [1.807, 2.05) is 43.3 Å². The molecular weight excluding hydrogens is 607 g/mol. The fourth-order valence-electron chi connectivity index (χ4n) is 4.60. The van der Waals surface area contributed by atoms with E-state index in [1.54, 1.807) is 24.3 Å². The minimum Gasteiger partial charge on any atom is -0.493 e. The third kappa shape index (κ3) is 5.24. The van der Waals surface area contributed by atoms with Crippen molar-refractivity contribution in [3.05, 3.63) is 105 Å². The van der Waals surface area contributed by atoms with Crippen LogP contribution in [-0.4, -0.2) is 25.0 Å². The van der Waals surface area contributed by atoms with E-state index in [1.165, 1.54) is 13.2 Å². The van der Waals surface area contributed by atoms with Gasteiger partial charge in [0.2, 0.25) is 0 Å². The van der Waals surface area contributed by atoms with Crippen LogP contribution >= 0.6 is 22.6 Å². The van der Waals surface area contributed by atoms with Crippen molar-refractivity contribution in [2.45, 2.75) is 20.0 Å². The molecular formula is C31H25IN2O5. The number of hydrogen-bond donors (Lipinski definition) is 1. The van der Waals surface area contributed by atoms with Crippen molar-refractivity contribution in [1.29, 1.82) is 0 Å². The smallest absolute Gasteiger partial charge is 0.335 e. The topological polar surface area (TPSA) is 84.9 Å². The van der Waals surface area contributed by atoms with E-state index in [2.05, 4.69) is 46.1 Å². The molecule has 7 nitrogen and oxygen atoms in total. The molecule has 8 heteroatoms. The molecule has 1 heterocycles. The van der Waals surface area contributed by atoms with Crippen LogP contribution in [0.1, 0.15) is 23.6 Å². The van der Waals surface area contributed by atoms with Gasteiger partial charge in [0.15, 0.2) is 11.5 Å². The van der Waals surface area contributed by atoms with Crippen LogP contribution in [0.2, 0.25) is 0 Å². The van der Waals surface area contributed by atoms with Crippen LogP contribution in [0.3, 0.4) is 0 Å². The number of ether oxygens (including phenoxy) is 2. The summed E-state index contributed by atoms with van der Waals surface area (Å²) >= 11 is 2.14. The molecule has 196 valence electrons. The number of fused-ring (bicyclic) bond motifs is 1. The molecule has 0 saturated carbocycles. The van der Waals surface area contributed by atoms with Crippen LogP contribution in [0.4, 0.5) is 10.5 Å². The number of carbonyl (C=O) groups excluding carboxylic acids is 3. The highest BCUT2D eigenvalue weighted by atomic mass is 127. The molecule has 39 heavy (non-hydrogen) atoms. The molecule has 4 amide bonds. The monoisotopic (exact) mass is 632 g/mol. The van der Waals surface area contributed by atoms with Gasteiger partial charge in [0.05, 0.1) is 16.4 Å². The Kier molecular flexibility index (Phi) is 7.65. The minimum absolute atomic E-state index is 0.150. The predicted molar refractivity (Wildman–Crippen MR) is 159 cm³/mol. The molecule has 5 rings (SSSR count). The van der Waals surface area contributed by atoms with E-state index < -0.39 is 17.8 Å². The number of urea groups is 1. The van der Waals surface area contributed by atoms with Crippen LogP contribution in [0.5, 0.6) is 11.5 Å². The molecule has 1 fully saturated rings. The number of para-hydroxylation sites is 1. The van der Waals surface area contributed by atoms with E-state index in [9.17, 15) is 14.4 Å². The minimum atomic E-state index is -0.771. The van der Waals surface area contributed by atoms with Gasteiger partial charge in [0, 0.05) is 0 Å². The van der Waals surface area contributed by atoms with Gasteiger partial charge < -0.3 is 9.47 Å². The van der Waals surface area contributed by atoms with E-state index in [0.717, 1.165) is 30.4 Å². The maximum absolute atomic E-state index is 13.4. The molecule has 0 unspecified atom stereocenters. The lowest BCUT2D eigenvalue weighted by Crippen LogP contribution is -2.54. The first-order valence-corrected chi connectivity index (χ1v) is 13.5. The van der Waals surface area contributed by atoms with Crippen LogP contribution in [0.15, 0.2) is 84.4 Å². The molecule has 1 aliphatic heterocycles. The summed E-state index contributed by atoms with van der Waals surface area (Å²) in [4.78, 5) is 39.8. The highest BCUT2D eigenvalue weighted by Gasteiger charge is 2.37. The summed E-state index contributed by atoms with van der Waals surface area (Å²) in [6.45, 7) is 2.27. The Hall–Kier alpha value is -4.18. The number of benzene rings is 4. The zero-order valence-corrected chi connectivity index (χ0v) is 23.5. The molecule has 1 saturated heterocycles. The van der Waals surface area contributed by atoms with Crippen molar-refractivity contribution in [3.8, 4) is 11.5 Å². The van der Waals surface area contributed by atoms with Crippen LogP contribution in [-0.2, 0) is 22.6 Å². The normalized spacial score (nSPS) is 14.6. The standard InChI is InChI=1S/C31H25IN2O5/c1-3-20-9-5-7-14-26(20)34-30(36)24(29(35)33-31(34)37)15-19-16-25(32)28(27(17-19)38-2)39-18-22-12-8-11-21-10-4-6-13-23(21)22/h4-17H,3,18H2,1-2H3,(H,33,35,37)/b24-15-. The van der Waals surface area contributed by atoms with E-state index >= 15 is 0 Å². The van der Waals surface area contributed by atoms with Gasteiger partial charge in [-0.05, 0) is 80.7 Å². The number of halogens is 1. The molecule has 0 atom stereocenters. The van der Waals surface area contributed by atoms with Crippen LogP contribution in [0, 0.1) is 3.57 Å². The second kappa shape index (κ2) is 11.3. The lowest BCUT2D eigenvalue weighted by Gasteiger charge is -2.28. The number of aryl methyl sites for hydroxylation is 1. The molecule has 0 aromatic heterocycles. The van der Waals surface area contributed by atoms with Gasteiger partial charge in [-0.25, -0.2) is 9.69 Å². The largest absolute Gasteiger partial charge is 0.493 e. The summed E-state index contributed by atoms with van der Waals surface area (Å²) in [5, 5.41) is 4.53. The van der Waals surface area contributed by atoms with Gasteiger partial charge in [-0.15, -0.1) is 0 Å². The Bertz CT molecular complexity index is 1640. The number of rotatable bonds is 7. The van der Waals surface area contributed by atoms with Gasteiger partial charge in [-0.1, -0.05) is 67.6 Å².